The van der Waals surface area contributed by atoms with E-state index in [1.807, 2.05) is 19.9 Å². The minimum absolute atomic E-state index is 0.0272. The third-order valence-corrected chi connectivity index (χ3v) is 5.64. The third-order valence-electron chi connectivity index (χ3n) is 5.64. The molecule has 2 aromatic rings. The van der Waals surface area contributed by atoms with Gasteiger partial charge in [0.15, 0.2) is 6.61 Å². The van der Waals surface area contributed by atoms with Crippen LogP contribution >= 0.6 is 0 Å². The molecule has 1 aliphatic heterocycles. The number of benzene rings is 2. The summed E-state index contributed by atoms with van der Waals surface area (Å²) in [6.07, 6.45) is 3.88. The van der Waals surface area contributed by atoms with E-state index in [1.54, 1.807) is 0 Å². The summed E-state index contributed by atoms with van der Waals surface area (Å²) < 4.78 is 5.86. The summed E-state index contributed by atoms with van der Waals surface area (Å²) in [7, 11) is 0. The molecule has 1 saturated heterocycles. The van der Waals surface area contributed by atoms with Crippen LogP contribution in [0.25, 0.3) is 0 Å². The van der Waals surface area contributed by atoms with Gasteiger partial charge in [0, 0.05) is 18.8 Å². The molecule has 0 radical (unpaired) electrons. The maximum Gasteiger partial charge on any atom is 0.258 e. The molecule has 0 aromatic heterocycles. The Bertz CT molecular complexity index is 808. The van der Waals surface area contributed by atoms with Gasteiger partial charge in [-0.25, -0.2) is 0 Å². The van der Waals surface area contributed by atoms with Crippen molar-refractivity contribution >= 4 is 11.6 Å². The molecule has 1 fully saturated rings. The van der Waals surface area contributed by atoms with E-state index in [-0.39, 0.29) is 18.6 Å². The second-order valence-electron chi connectivity index (χ2n) is 8.41. The van der Waals surface area contributed by atoms with E-state index in [0.717, 1.165) is 35.5 Å². The molecule has 0 unspecified atom stereocenters. The van der Waals surface area contributed by atoms with Gasteiger partial charge >= 0.3 is 0 Å². The quantitative estimate of drug-likeness (QED) is 0.687. The summed E-state index contributed by atoms with van der Waals surface area (Å²) in [5.74, 6) is 1.05. The Labute approximate surface area is 175 Å². The number of rotatable bonds is 7. The average molecular weight is 395 g/mol. The van der Waals surface area contributed by atoms with E-state index in [2.05, 4.69) is 60.5 Å². The lowest BCUT2D eigenvalue weighted by Crippen LogP contribution is -2.31. The molecule has 0 bridgehead atoms. The van der Waals surface area contributed by atoms with Gasteiger partial charge in [0.1, 0.15) is 5.75 Å². The second-order valence-corrected chi connectivity index (χ2v) is 8.41. The zero-order valence-corrected chi connectivity index (χ0v) is 18.2. The summed E-state index contributed by atoms with van der Waals surface area (Å²) in [4.78, 5) is 14.9. The fourth-order valence-electron chi connectivity index (χ4n) is 3.88. The van der Waals surface area contributed by atoms with Gasteiger partial charge in [-0.05, 0) is 73.9 Å². The van der Waals surface area contributed by atoms with Crippen molar-refractivity contribution in [3.05, 3.63) is 59.2 Å². The van der Waals surface area contributed by atoms with Crippen LogP contribution in [0.2, 0.25) is 0 Å². The van der Waals surface area contributed by atoms with Gasteiger partial charge < -0.3 is 15.0 Å². The van der Waals surface area contributed by atoms with Crippen LogP contribution in [0.5, 0.6) is 5.75 Å². The Morgan fingerprint density at radius 2 is 1.72 bits per heavy atom. The lowest BCUT2D eigenvalue weighted by Gasteiger charge is -2.29. The molecule has 0 spiro atoms. The minimum Gasteiger partial charge on any atom is -0.483 e. The highest BCUT2D eigenvalue weighted by molar-refractivity contribution is 5.78. The summed E-state index contributed by atoms with van der Waals surface area (Å²) in [6.45, 7) is 10.6. The van der Waals surface area contributed by atoms with Crippen molar-refractivity contribution in [2.24, 2.45) is 0 Å². The van der Waals surface area contributed by atoms with E-state index >= 15 is 0 Å². The Morgan fingerprint density at radius 3 is 2.38 bits per heavy atom. The van der Waals surface area contributed by atoms with Crippen molar-refractivity contribution < 1.29 is 9.53 Å². The fourth-order valence-corrected chi connectivity index (χ4v) is 3.88. The Balaban J connectivity index is 1.55. The van der Waals surface area contributed by atoms with E-state index in [0.29, 0.717) is 5.92 Å². The van der Waals surface area contributed by atoms with Crippen LogP contribution in [0.4, 0.5) is 5.69 Å². The largest absolute Gasteiger partial charge is 0.483 e. The van der Waals surface area contributed by atoms with Crippen molar-refractivity contribution in [2.75, 3.05) is 24.6 Å². The molecule has 1 heterocycles. The number of hydrogen-bond acceptors (Lipinski definition) is 3. The van der Waals surface area contributed by atoms with Crippen molar-refractivity contribution in [3.63, 3.8) is 0 Å². The summed E-state index contributed by atoms with van der Waals surface area (Å²) in [6, 6.07) is 14.7. The molecule has 1 amide bonds. The van der Waals surface area contributed by atoms with Crippen LogP contribution in [-0.4, -0.2) is 25.6 Å². The number of piperidine rings is 1. The molecule has 1 N–H and O–H groups in total. The highest BCUT2D eigenvalue weighted by atomic mass is 16.5. The molecule has 156 valence electrons. The predicted octanol–water partition coefficient (Wildman–Crippen LogP) is 5.36. The lowest BCUT2D eigenvalue weighted by molar-refractivity contribution is -0.123. The molecule has 29 heavy (non-hydrogen) atoms. The van der Waals surface area contributed by atoms with Gasteiger partial charge in [-0.1, -0.05) is 38.1 Å². The van der Waals surface area contributed by atoms with E-state index < -0.39 is 0 Å². The van der Waals surface area contributed by atoms with Crippen LogP contribution in [0, 0.1) is 6.92 Å². The maximum atomic E-state index is 12.4. The zero-order chi connectivity index (χ0) is 20.8. The number of carbonyl (C=O) groups is 1. The molecular formula is C25H34N2O2. The van der Waals surface area contributed by atoms with Gasteiger partial charge in [0.05, 0.1) is 6.04 Å². The first-order valence-corrected chi connectivity index (χ1v) is 10.8. The topological polar surface area (TPSA) is 41.6 Å². The third kappa shape index (κ3) is 5.75. The van der Waals surface area contributed by atoms with Gasteiger partial charge in [-0.15, -0.1) is 0 Å². The van der Waals surface area contributed by atoms with Crippen LogP contribution in [0.3, 0.4) is 0 Å². The first-order chi connectivity index (χ1) is 13.9. The number of ether oxygens (including phenoxy) is 1. The molecule has 1 aliphatic rings. The summed E-state index contributed by atoms with van der Waals surface area (Å²) in [5, 5.41) is 3.05. The smallest absolute Gasteiger partial charge is 0.258 e. The van der Waals surface area contributed by atoms with Crippen molar-refractivity contribution in [3.8, 4) is 5.75 Å². The van der Waals surface area contributed by atoms with E-state index in [9.17, 15) is 4.79 Å². The molecule has 3 rings (SSSR count). The predicted molar refractivity (Wildman–Crippen MR) is 120 cm³/mol. The number of amides is 1. The van der Waals surface area contributed by atoms with Crippen LogP contribution < -0.4 is 15.0 Å². The van der Waals surface area contributed by atoms with Crippen LogP contribution in [0.1, 0.15) is 68.7 Å². The Hall–Kier alpha value is -2.49. The second kappa shape index (κ2) is 9.82. The lowest BCUT2D eigenvalue weighted by atomic mass is 10.0. The fraction of sp³-hybridized carbons (Fsp3) is 0.480. The van der Waals surface area contributed by atoms with Gasteiger partial charge in [-0.2, -0.15) is 0 Å². The number of aryl methyl sites for hydroxylation is 1. The van der Waals surface area contributed by atoms with Gasteiger partial charge in [-0.3, -0.25) is 4.79 Å². The first-order valence-electron chi connectivity index (χ1n) is 10.8. The van der Waals surface area contributed by atoms with E-state index in [4.69, 9.17) is 4.74 Å². The maximum absolute atomic E-state index is 12.4. The van der Waals surface area contributed by atoms with Crippen molar-refractivity contribution in [1.29, 1.82) is 0 Å². The standard InChI is InChI=1S/C25H34N2O2/c1-18(2)23-13-8-19(3)16-24(23)29-17-25(28)26-20(4)21-9-11-22(12-10-21)27-14-6-5-7-15-27/h8-13,16,18,20H,5-7,14-15,17H2,1-4H3,(H,26,28)/t20-/m0/s1. The average Bonchev–Trinajstić information content (AvgIpc) is 2.73. The number of nitrogens with zero attached hydrogens (tertiary/aromatic N) is 1. The normalized spacial score (nSPS) is 15.3. The first kappa shape index (κ1) is 21.2. The summed E-state index contributed by atoms with van der Waals surface area (Å²) >= 11 is 0. The molecule has 0 saturated carbocycles. The monoisotopic (exact) mass is 394 g/mol. The molecule has 4 heteroatoms. The molecule has 0 aliphatic carbocycles. The Kier molecular flexibility index (Phi) is 7.18. The van der Waals surface area contributed by atoms with Crippen molar-refractivity contribution in [2.45, 2.75) is 58.9 Å². The molecule has 4 nitrogen and oxygen atoms in total. The molecule has 1 atom stereocenters. The van der Waals surface area contributed by atoms with Crippen molar-refractivity contribution in [1.82, 2.24) is 5.32 Å². The number of carbonyl (C=O) groups excluding carboxylic acids is 1. The minimum atomic E-state index is -0.103. The summed E-state index contributed by atoms with van der Waals surface area (Å²) in [5.41, 5.74) is 4.64. The highest BCUT2D eigenvalue weighted by Crippen LogP contribution is 2.27. The number of nitrogens with one attached hydrogen (secondary N) is 1. The van der Waals surface area contributed by atoms with Crippen LogP contribution in [0.15, 0.2) is 42.5 Å². The molecule has 2 aromatic carbocycles. The Morgan fingerprint density at radius 1 is 1.03 bits per heavy atom. The van der Waals surface area contributed by atoms with Crippen LogP contribution in [-0.2, 0) is 4.79 Å². The van der Waals surface area contributed by atoms with E-state index in [1.165, 1.54) is 24.9 Å². The van der Waals surface area contributed by atoms with Gasteiger partial charge in [0.2, 0.25) is 0 Å². The molecular weight excluding hydrogens is 360 g/mol. The highest BCUT2D eigenvalue weighted by Gasteiger charge is 2.14. The number of hydrogen-bond donors (Lipinski definition) is 1. The SMILES string of the molecule is Cc1ccc(C(C)C)c(OCC(=O)N[C@@H](C)c2ccc(N3CCCCC3)cc2)c1. The zero-order valence-electron chi connectivity index (χ0n) is 18.2. The number of anilines is 1. The van der Waals surface area contributed by atoms with Gasteiger partial charge in [0.25, 0.3) is 5.91 Å².